The molecule has 0 aliphatic carbocycles. The Morgan fingerprint density at radius 1 is 1.11 bits per heavy atom. The maximum atomic E-state index is 11.6. The molecule has 3 nitrogen and oxygen atoms in total. The molecule has 0 aliphatic rings. The summed E-state index contributed by atoms with van der Waals surface area (Å²) in [5.74, 6) is 0.0980. The number of carbonyl (C=O) groups excluding carboxylic acids is 1. The first-order valence-electron chi connectivity index (χ1n) is 6.82. The van der Waals surface area contributed by atoms with Crippen LogP contribution in [-0.2, 0) is 4.79 Å². The van der Waals surface area contributed by atoms with E-state index in [0.29, 0.717) is 12.1 Å². The Bertz CT molecular complexity index is 363. The Morgan fingerprint density at radius 2 is 1.78 bits per heavy atom. The number of para-hydroxylation sites is 2. The normalized spacial score (nSPS) is 10.3. The van der Waals surface area contributed by atoms with Crippen LogP contribution in [-0.4, -0.2) is 11.0 Å². The van der Waals surface area contributed by atoms with Gasteiger partial charge in [0.15, 0.2) is 0 Å². The number of unbranched alkanes of at least 4 members (excludes halogenated alkanes) is 5. The Morgan fingerprint density at radius 3 is 2.50 bits per heavy atom. The summed E-state index contributed by atoms with van der Waals surface area (Å²) < 4.78 is 0. The fourth-order valence-electron chi connectivity index (χ4n) is 1.86. The average Bonchev–Trinajstić information content (AvgIpc) is 2.36. The van der Waals surface area contributed by atoms with Crippen LogP contribution in [0.3, 0.4) is 0 Å². The SMILES string of the molecule is CCCCCCCCC(=O)Nc1ccccc1O. The van der Waals surface area contributed by atoms with E-state index in [1.807, 2.05) is 0 Å². The molecule has 0 spiro atoms. The highest BCUT2D eigenvalue weighted by Gasteiger charge is 2.04. The maximum absolute atomic E-state index is 11.6. The second kappa shape index (κ2) is 8.56. The second-order valence-corrected chi connectivity index (χ2v) is 4.58. The number of benzene rings is 1. The lowest BCUT2D eigenvalue weighted by Gasteiger charge is -2.06. The lowest BCUT2D eigenvalue weighted by Crippen LogP contribution is -2.11. The maximum Gasteiger partial charge on any atom is 0.224 e. The van der Waals surface area contributed by atoms with Crippen LogP contribution in [0.2, 0.25) is 0 Å². The molecular formula is C15H23NO2. The highest BCUT2D eigenvalue weighted by molar-refractivity contribution is 5.92. The highest BCUT2D eigenvalue weighted by atomic mass is 16.3. The predicted octanol–water partition coefficient (Wildman–Crippen LogP) is 4.08. The van der Waals surface area contributed by atoms with Gasteiger partial charge in [0.1, 0.15) is 5.75 Å². The number of carbonyl (C=O) groups is 1. The van der Waals surface area contributed by atoms with Crippen LogP contribution < -0.4 is 5.32 Å². The molecule has 0 radical (unpaired) electrons. The van der Waals surface area contributed by atoms with Crippen LogP contribution in [0.15, 0.2) is 24.3 Å². The lowest BCUT2D eigenvalue weighted by molar-refractivity contribution is -0.116. The minimum Gasteiger partial charge on any atom is -0.506 e. The average molecular weight is 249 g/mol. The van der Waals surface area contributed by atoms with Crippen molar-refractivity contribution in [2.75, 3.05) is 5.32 Å². The van der Waals surface area contributed by atoms with Crippen molar-refractivity contribution in [2.24, 2.45) is 0 Å². The van der Waals surface area contributed by atoms with Gasteiger partial charge in [0.25, 0.3) is 0 Å². The minimum absolute atomic E-state index is 0.0213. The molecule has 0 aliphatic heterocycles. The first-order chi connectivity index (χ1) is 8.74. The Labute approximate surface area is 109 Å². The van der Waals surface area contributed by atoms with Crippen LogP contribution in [0.1, 0.15) is 51.9 Å². The van der Waals surface area contributed by atoms with Crippen molar-refractivity contribution in [1.82, 2.24) is 0 Å². The molecule has 0 aromatic heterocycles. The van der Waals surface area contributed by atoms with Gasteiger partial charge in [-0.05, 0) is 18.6 Å². The number of anilines is 1. The molecular weight excluding hydrogens is 226 g/mol. The van der Waals surface area contributed by atoms with E-state index in [2.05, 4.69) is 12.2 Å². The topological polar surface area (TPSA) is 49.3 Å². The summed E-state index contributed by atoms with van der Waals surface area (Å²) in [4.78, 5) is 11.6. The van der Waals surface area contributed by atoms with Crippen molar-refractivity contribution in [3.8, 4) is 5.75 Å². The molecule has 3 heteroatoms. The molecule has 2 N–H and O–H groups in total. The van der Waals surface area contributed by atoms with E-state index in [4.69, 9.17) is 0 Å². The van der Waals surface area contributed by atoms with Gasteiger partial charge in [-0.15, -0.1) is 0 Å². The van der Waals surface area contributed by atoms with Crippen LogP contribution >= 0.6 is 0 Å². The summed E-state index contributed by atoms with van der Waals surface area (Å²) >= 11 is 0. The fourth-order valence-corrected chi connectivity index (χ4v) is 1.86. The second-order valence-electron chi connectivity index (χ2n) is 4.58. The molecule has 0 atom stereocenters. The number of phenolic OH excluding ortho intramolecular Hbond substituents is 1. The number of aromatic hydroxyl groups is 1. The van der Waals surface area contributed by atoms with Crippen LogP contribution in [0.4, 0.5) is 5.69 Å². The summed E-state index contributed by atoms with van der Waals surface area (Å²) in [6.07, 6.45) is 7.55. The zero-order valence-corrected chi connectivity index (χ0v) is 11.1. The molecule has 1 rings (SSSR count). The van der Waals surface area contributed by atoms with Gasteiger partial charge in [-0.25, -0.2) is 0 Å². The first kappa shape index (κ1) is 14.6. The summed E-state index contributed by atoms with van der Waals surface area (Å²) in [5.41, 5.74) is 0.494. The summed E-state index contributed by atoms with van der Waals surface area (Å²) in [7, 11) is 0. The zero-order valence-electron chi connectivity index (χ0n) is 11.1. The van der Waals surface area contributed by atoms with Crippen molar-refractivity contribution in [1.29, 1.82) is 0 Å². The molecule has 1 aromatic rings. The van der Waals surface area contributed by atoms with Gasteiger partial charge >= 0.3 is 0 Å². The summed E-state index contributed by atoms with van der Waals surface area (Å²) in [5, 5.41) is 12.2. The molecule has 100 valence electrons. The molecule has 0 bridgehead atoms. The van der Waals surface area contributed by atoms with Crippen molar-refractivity contribution in [3.05, 3.63) is 24.3 Å². The molecule has 0 saturated heterocycles. The van der Waals surface area contributed by atoms with Gasteiger partial charge in [0.05, 0.1) is 5.69 Å². The van der Waals surface area contributed by atoms with Crippen LogP contribution in [0, 0.1) is 0 Å². The van der Waals surface area contributed by atoms with Gasteiger partial charge in [-0.1, -0.05) is 51.2 Å². The fraction of sp³-hybridized carbons (Fsp3) is 0.533. The molecule has 1 amide bonds. The monoisotopic (exact) mass is 249 g/mol. The van der Waals surface area contributed by atoms with E-state index in [1.54, 1.807) is 24.3 Å². The Hall–Kier alpha value is -1.51. The number of phenols is 1. The van der Waals surface area contributed by atoms with E-state index in [9.17, 15) is 9.90 Å². The number of amides is 1. The van der Waals surface area contributed by atoms with Crippen LogP contribution in [0.25, 0.3) is 0 Å². The van der Waals surface area contributed by atoms with Gasteiger partial charge in [0.2, 0.25) is 5.91 Å². The largest absolute Gasteiger partial charge is 0.506 e. The van der Waals surface area contributed by atoms with Gasteiger partial charge in [-0.3, -0.25) is 4.79 Å². The highest BCUT2D eigenvalue weighted by Crippen LogP contribution is 2.21. The number of nitrogens with one attached hydrogen (secondary N) is 1. The van der Waals surface area contributed by atoms with Gasteiger partial charge in [-0.2, -0.15) is 0 Å². The summed E-state index contributed by atoms with van der Waals surface area (Å²) in [6.45, 7) is 2.19. The third-order valence-electron chi connectivity index (χ3n) is 2.94. The van der Waals surface area contributed by atoms with Gasteiger partial charge < -0.3 is 10.4 Å². The first-order valence-corrected chi connectivity index (χ1v) is 6.82. The van der Waals surface area contributed by atoms with Gasteiger partial charge in [0, 0.05) is 6.42 Å². The molecule has 0 heterocycles. The number of hydrogen-bond acceptors (Lipinski definition) is 2. The quantitative estimate of drug-likeness (QED) is 0.538. The smallest absolute Gasteiger partial charge is 0.224 e. The van der Waals surface area contributed by atoms with E-state index < -0.39 is 0 Å². The van der Waals surface area contributed by atoms with Crippen molar-refractivity contribution in [2.45, 2.75) is 51.9 Å². The molecule has 0 fully saturated rings. The lowest BCUT2D eigenvalue weighted by atomic mass is 10.1. The van der Waals surface area contributed by atoms with E-state index >= 15 is 0 Å². The molecule has 0 saturated carbocycles. The summed E-state index contributed by atoms with van der Waals surface area (Å²) in [6, 6.07) is 6.80. The van der Waals surface area contributed by atoms with E-state index in [1.165, 1.54) is 25.7 Å². The number of rotatable bonds is 8. The third-order valence-corrected chi connectivity index (χ3v) is 2.94. The predicted molar refractivity (Wildman–Crippen MR) is 74.7 cm³/mol. The van der Waals surface area contributed by atoms with Crippen molar-refractivity contribution < 1.29 is 9.90 Å². The van der Waals surface area contributed by atoms with E-state index in [0.717, 1.165) is 12.8 Å². The van der Waals surface area contributed by atoms with Crippen molar-refractivity contribution in [3.63, 3.8) is 0 Å². The molecule has 18 heavy (non-hydrogen) atoms. The third kappa shape index (κ3) is 5.71. The standard InChI is InChI=1S/C15H23NO2/c1-2-3-4-5-6-7-12-15(18)16-13-10-8-9-11-14(13)17/h8-11,17H,2-7,12H2,1H3,(H,16,18). The van der Waals surface area contributed by atoms with Crippen molar-refractivity contribution >= 4 is 11.6 Å². The minimum atomic E-state index is -0.0213. The Kier molecular flexibility index (Phi) is 6.92. The van der Waals surface area contributed by atoms with E-state index in [-0.39, 0.29) is 11.7 Å². The molecule has 1 aromatic carbocycles. The van der Waals surface area contributed by atoms with Crippen LogP contribution in [0.5, 0.6) is 5.75 Å². The molecule has 0 unspecified atom stereocenters. The zero-order chi connectivity index (χ0) is 13.2. The number of hydrogen-bond donors (Lipinski definition) is 2. The Balaban J connectivity index is 2.16.